The van der Waals surface area contributed by atoms with Crippen molar-refractivity contribution in [2.45, 2.75) is 24.7 Å². The van der Waals surface area contributed by atoms with Crippen molar-refractivity contribution in [3.05, 3.63) is 103 Å². The highest BCUT2D eigenvalue weighted by atomic mass is 35.7. The molecule has 0 bridgehead atoms. The van der Waals surface area contributed by atoms with Crippen molar-refractivity contribution in [1.29, 1.82) is 0 Å². The number of hydrogen-bond donors (Lipinski definition) is 2. The van der Waals surface area contributed by atoms with Gasteiger partial charge in [0.05, 0.1) is 4.90 Å². The summed E-state index contributed by atoms with van der Waals surface area (Å²) in [5.41, 5.74) is 16.8. The molecular formula is C27H27ClN4O6S. The van der Waals surface area contributed by atoms with E-state index in [4.69, 9.17) is 30.1 Å². The zero-order valence-corrected chi connectivity index (χ0v) is 22.7. The van der Waals surface area contributed by atoms with Gasteiger partial charge in [0.25, 0.3) is 10.0 Å². The molecule has 0 saturated carbocycles. The topological polar surface area (TPSA) is 195 Å². The lowest BCUT2D eigenvalue weighted by Crippen LogP contribution is -2.68. The number of pyridine rings is 1. The molecule has 0 aliphatic rings. The molecule has 0 spiro atoms. The van der Waals surface area contributed by atoms with Crippen LogP contribution in [0.5, 0.6) is 0 Å². The highest BCUT2D eigenvalue weighted by Gasteiger charge is 2.26. The molecule has 204 valence electrons. The highest BCUT2D eigenvalue weighted by molar-refractivity contribution is 7.90. The van der Waals surface area contributed by atoms with Crippen LogP contribution in [0.1, 0.15) is 25.5 Å². The van der Waals surface area contributed by atoms with E-state index in [1.54, 1.807) is 12.1 Å². The van der Waals surface area contributed by atoms with Crippen molar-refractivity contribution in [3.63, 3.8) is 0 Å². The number of guanidine groups is 1. The Morgan fingerprint density at radius 3 is 1.72 bits per heavy atom. The lowest BCUT2D eigenvalue weighted by molar-refractivity contribution is -2.00. The molecule has 0 saturated heterocycles. The van der Waals surface area contributed by atoms with Crippen molar-refractivity contribution in [2.24, 2.45) is 15.9 Å². The molecule has 0 aliphatic carbocycles. The molecule has 1 heterocycles. The first kappa shape index (κ1) is 29.7. The SMILES string of the molecule is CC(C)c1cc(-c2ccccc2)cc(-c2ccccc2)[n+]1-c1ccc(S(=O)(=O)N=C(N)N)cc1.[O-][Cl+3]([O-])([O-])[O-]. The van der Waals surface area contributed by atoms with Gasteiger partial charge in [-0.25, -0.2) is 18.6 Å². The second-order valence-corrected chi connectivity index (χ2v) is 11.0. The van der Waals surface area contributed by atoms with Crippen LogP contribution in [0.3, 0.4) is 0 Å². The summed E-state index contributed by atoms with van der Waals surface area (Å²) in [5.74, 6) is -0.292. The molecule has 4 rings (SSSR count). The summed E-state index contributed by atoms with van der Waals surface area (Å²) in [6.45, 7) is 4.29. The zero-order chi connectivity index (χ0) is 28.8. The van der Waals surface area contributed by atoms with Gasteiger partial charge in [-0.1, -0.05) is 62.4 Å². The van der Waals surface area contributed by atoms with E-state index >= 15 is 0 Å². The van der Waals surface area contributed by atoms with Crippen LogP contribution in [-0.4, -0.2) is 14.4 Å². The standard InChI is InChI=1S/C27H27N4O2S.ClHO4/c1-19(2)25-17-22(20-9-5-3-6-10-20)18-26(21-11-7-4-8-12-21)31(25)23-13-15-24(16-14-23)34(32,33)30-27(28)29;2-1(3,4)5/h3-19H,1-2H3,(H4,28,29,30);(H,2,3,4,5)/q+1;/p-1. The third-order valence-electron chi connectivity index (χ3n) is 5.48. The summed E-state index contributed by atoms with van der Waals surface area (Å²) in [4.78, 5) is 0.0264. The van der Waals surface area contributed by atoms with Crippen molar-refractivity contribution < 1.29 is 41.9 Å². The molecule has 0 radical (unpaired) electrons. The maximum atomic E-state index is 12.4. The summed E-state index contributed by atoms with van der Waals surface area (Å²) in [5, 5.41) is 0. The van der Waals surface area contributed by atoms with Gasteiger partial charge < -0.3 is 11.5 Å². The van der Waals surface area contributed by atoms with Gasteiger partial charge >= 0.3 is 0 Å². The van der Waals surface area contributed by atoms with E-state index in [2.05, 4.69) is 59.2 Å². The molecule has 12 heteroatoms. The van der Waals surface area contributed by atoms with Crippen molar-refractivity contribution in [1.82, 2.24) is 0 Å². The normalized spacial score (nSPS) is 11.5. The van der Waals surface area contributed by atoms with Crippen LogP contribution in [0.4, 0.5) is 0 Å². The van der Waals surface area contributed by atoms with Crippen LogP contribution in [0, 0.1) is 10.2 Å². The fourth-order valence-electron chi connectivity index (χ4n) is 3.91. The highest BCUT2D eigenvalue weighted by Crippen LogP contribution is 2.29. The number of rotatable bonds is 6. The Morgan fingerprint density at radius 2 is 1.26 bits per heavy atom. The van der Waals surface area contributed by atoms with Crippen LogP contribution < -0.4 is 34.7 Å². The molecule has 4 aromatic rings. The summed E-state index contributed by atoms with van der Waals surface area (Å²) in [6.07, 6.45) is 0. The molecule has 4 N–H and O–H groups in total. The van der Waals surface area contributed by atoms with Crippen LogP contribution >= 0.6 is 0 Å². The zero-order valence-electron chi connectivity index (χ0n) is 21.1. The van der Waals surface area contributed by atoms with Gasteiger partial charge in [0.15, 0.2) is 5.69 Å². The van der Waals surface area contributed by atoms with E-state index < -0.39 is 26.2 Å². The lowest BCUT2D eigenvalue weighted by Gasteiger charge is -2.17. The average molecular weight is 571 g/mol. The summed E-state index contributed by atoms with van der Waals surface area (Å²) in [6, 6.07) is 31.4. The van der Waals surface area contributed by atoms with Gasteiger partial charge in [0, 0.05) is 35.7 Å². The van der Waals surface area contributed by atoms with Crippen LogP contribution in [0.15, 0.2) is 106 Å². The maximum Gasteiger partial charge on any atom is 0.285 e. The second-order valence-electron chi connectivity index (χ2n) is 8.64. The third kappa shape index (κ3) is 8.32. The van der Waals surface area contributed by atoms with Gasteiger partial charge in [0.2, 0.25) is 17.3 Å². The number of hydrogen-bond acceptors (Lipinski definition) is 6. The number of halogens is 1. The minimum atomic E-state index is -4.94. The Bertz CT molecular complexity index is 1530. The third-order valence-corrected chi connectivity index (χ3v) is 6.80. The minimum Gasteiger partial charge on any atom is -0.369 e. The van der Waals surface area contributed by atoms with Gasteiger partial charge in [-0.15, -0.1) is 14.6 Å². The molecular weight excluding hydrogens is 544 g/mol. The Labute approximate surface area is 228 Å². The number of sulfonamides is 1. The molecule has 0 unspecified atom stereocenters. The van der Waals surface area contributed by atoms with Crippen molar-refractivity contribution in [2.75, 3.05) is 0 Å². The Hall–Kier alpha value is -3.84. The summed E-state index contributed by atoms with van der Waals surface area (Å²) >= 11 is 0. The second kappa shape index (κ2) is 12.3. The van der Waals surface area contributed by atoms with E-state index in [1.807, 2.05) is 36.4 Å². The van der Waals surface area contributed by atoms with Crippen LogP contribution in [-0.2, 0) is 10.0 Å². The number of nitrogens with two attached hydrogens (primary N) is 2. The van der Waals surface area contributed by atoms with E-state index in [0.717, 1.165) is 33.8 Å². The first-order valence-corrected chi connectivity index (χ1v) is 14.2. The van der Waals surface area contributed by atoms with Crippen molar-refractivity contribution in [3.8, 4) is 28.1 Å². The van der Waals surface area contributed by atoms with Crippen molar-refractivity contribution >= 4 is 16.0 Å². The molecule has 10 nitrogen and oxygen atoms in total. The van der Waals surface area contributed by atoms with E-state index in [9.17, 15) is 8.42 Å². The predicted octanol–water partition coefficient (Wildman–Crippen LogP) is -0.373. The molecule has 0 amide bonds. The number of benzene rings is 3. The Morgan fingerprint density at radius 1 is 0.769 bits per heavy atom. The molecule has 3 aromatic carbocycles. The lowest BCUT2D eigenvalue weighted by atomic mass is 9.97. The minimum absolute atomic E-state index is 0.0264. The van der Waals surface area contributed by atoms with E-state index in [-0.39, 0.29) is 10.8 Å². The average Bonchev–Trinajstić information content (AvgIpc) is 2.87. The Kier molecular flexibility index (Phi) is 9.41. The first-order chi connectivity index (χ1) is 18.3. The van der Waals surface area contributed by atoms with Gasteiger partial charge in [-0.2, -0.15) is 13.0 Å². The smallest absolute Gasteiger partial charge is 0.285 e. The monoisotopic (exact) mass is 570 g/mol. The predicted molar refractivity (Wildman–Crippen MR) is 136 cm³/mol. The first-order valence-electron chi connectivity index (χ1n) is 11.5. The van der Waals surface area contributed by atoms with E-state index in [0.29, 0.717) is 0 Å². The summed E-state index contributed by atoms with van der Waals surface area (Å²) < 4.78 is 64.3. The number of nitrogens with zero attached hydrogens (tertiary/aromatic N) is 2. The van der Waals surface area contributed by atoms with E-state index in [1.165, 1.54) is 12.1 Å². The molecule has 0 fully saturated rings. The fraction of sp³-hybridized carbons (Fsp3) is 0.111. The van der Waals surface area contributed by atoms with Crippen LogP contribution in [0.25, 0.3) is 28.1 Å². The number of aromatic nitrogens is 1. The van der Waals surface area contributed by atoms with Gasteiger partial charge in [-0.05, 0) is 35.4 Å². The summed E-state index contributed by atoms with van der Waals surface area (Å²) in [7, 11) is -8.91. The molecule has 39 heavy (non-hydrogen) atoms. The molecule has 0 atom stereocenters. The largest absolute Gasteiger partial charge is 0.369 e. The fourth-order valence-corrected chi connectivity index (χ4v) is 4.77. The Balaban J connectivity index is 0.000000771. The molecule has 0 aliphatic heterocycles. The van der Waals surface area contributed by atoms with Gasteiger partial charge in [0.1, 0.15) is 0 Å². The molecule has 1 aromatic heterocycles. The van der Waals surface area contributed by atoms with Gasteiger partial charge in [-0.3, -0.25) is 0 Å². The van der Waals surface area contributed by atoms with Crippen LogP contribution in [0.2, 0.25) is 0 Å². The maximum absolute atomic E-state index is 12.4. The quantitative estimate of drug-likeness (QED) is 0.178.